The normalized spacial score (nSPS) is 15.6. The number of pyridine rings is 2. The van der Waals surface area contributed by atoms with Gasteiger partial charge in [0.25, 0.3) is 10.0 Å². The Morgan fingerprint density at radius 1 is 1.12 bits per heavy atom. The Morgan fingerprint density at radius 2 is 1.90 bits per heavy atom. The fourth-order valence-corrected chi connectivity index (χ4v) is 5.65. The van der Waals surface area contributed by atoms with Crippen LogP contribution in [0.4, 0.5) is 25.1 Å². The van der Waals surface area contributed by atoms with Gasteiger partial charge in [0.1, 0.15) is 34.0 Å². The number of anilines is 2. The molecule has 5 rings (SSSR count). The number of halogens is 3. The Bertz CT molecular complexity index is 1790. The number of nitrogens with one attached hydrogen (secondary N) is 2. The molecule has 1 saturated heterocycles. The van der Waals surface area contributed by atoms with Gasteiger partial charge in [0.15, 0.2) is 11.0 Å². The number of rotatable bonds is 6. The number of ether oxygens (including phenoxy) is 1. The first-order valence-corrected chi connectivity index (χ1v) is 14.7. The van der Waals surface area contributed by atoms with Gasteiger partial charge in [0.2, 0.25) is 0 Å². The molecule has 1 aliphatic rings. The minimum Gasteiger partial charge on any atom is -0.444 e. The van der Waals surface area contributed by atoms with E-state index in [4.69, 9.17) is 16.3 Å². The summed E-state index contributed by atoms with van der Waals surface area (Å²) in [5.74, 6) is -1.72. The molecule has 220 valence electrons. The van der Waals surface area contributed by atoms with E-state index in [1.54, 1.807) is 17.0 Å². The molecule has 4 aromatic rings. The predicted molar refractivity (Wildman–Crippen MR) is 153 cm³/mol. The van der Waals surface area contributed by atoms with E-state index in [2.05, 4.69) is 30.0 Å². The molecule has 0 aliphatic carbocycles. The van der Waals surface area contributed by atoms with E-state index in [1.807, 2.05) is 20.8 Å². The predicted octanol–water partition coefficient (Wildman–Crippen LogP) is 5.24. The van der Waals surface area contributed by atoms with Gasteiger partial charge < -0.3 is 15.0 Å². The molecule has 0 unspecified atom stereocenters. The van der Waals surface area contributed by atoms with Crippen LogP contribution in [0.3, 0.4) is 0 Å². The smallest absolute Gasteiger partial charge is 0.410 e. The van der Waals surface area contributed by atoms with E-state index in [1.165, 1.54) is 18.6 Å². The average molecular weight is 618 g/mol. The molecular formula is C27H26ClF2N7O4S. The number of fused-ring (bicyclic) bond motifs is 1. The van der Waals surface area contributed by atoms with Crippen molar-refractivity contribution in [2.75, 3.05) is 23.1 Å². The van der Waals surface area contributed by atoms with Crippen molar-refractivity contribution in [3.05, 3.63) is 65.7 Å². The number of aromatic nitrogens is 4. The molecule has 42 heavy (non-hydrogen) atoms. The van der Waals surface area contributed by atoms with Gasteiger partial charge >= 0.3 is 6.09 Å². The standard InChI is InChI=1S/C27H26ClF2N7O4S/c1-27(2,3)41-26(38)37-9-8-17(13-37)34-25-23-20(32-14-33-25)6-5-19(35-23)15-10-21(24(28)31-12-15)36-42(39,40)22-7-4-16(29)11-18(22)30/h4-7,10-12,14,17,36H,8-9,13H2,1-3H3,(H,32,33,34)/t17-/m0/s1. The molecule has 15 heteroatoms. The van der Waals surface area contributed by atoms with Crippen molar-refractivity contribution >= 4 is 50.3 Å². The van der Waals surface area contributed by atoms with Gasteiger partial charge in [0.05, 0.1) is 16.9 Å². The fourth-order valence-electron chi connectivity index (χ4n) is 4.32. The quantitative estimate of drug-likeness (QED) is 0.278. The van der Waals surface area contributed by atoms with Crippen LogP contribution < -0.4 is 10.0 Å². The number of hydrogen-bond donors (Lipinski definition) is 2. The monoisotopic (exact) mass is 617 g/mol. The highest BCUT2D eigenvalue weighted by molar-refractivity contribution is 7.92. The number of sulfonamides is 1. The van der Waals surface area contributed by atoms with E-state index in [0.29, 0.717) is 53.7 Å². The number of nitrogens with zero attached hydrogens (tertiary/aromatic N) is 5. The highest BCUT2D eigenvalue weighted by atomic mass is 35.5. The third kappa shape index (κ3) is 6.49. The van der Waals surface area contributed by atoms with E-state index in [0.717, 1.165) is 12.1 Å². The molecule has 0 spiro atoms. The van der Waals surface area contributed by atoms with E-state index in [9.17, 15) is 22.0 Å². The van der Waals surface area contributed by atoms with Crippen LogP contribution in [0.2, 0.25) is 5.15 Å². The number of hydrogen-bond acceptors (Lipinski definition) is 9. The minimum atomic E-state index is -4.46. The molecule has 11 nitrogen and oxygen atoms in total. The second-order valence-corrected chi connectivity index (χ2v) is 12.6. The summed E-state index contributed by atoms with van der Waals surface area (Å²) >= 11 is 6.15. The molecule has 2 N–H and O–H groups in total. The second kappa shape index (κ2) is 11.2. The van der Waals surface area contributed by atoms with E-state index >= 15 is 0 Å². The van der Waals surface area contributed by atoms with Crippen molar-refractivity contribution in [3.8, 4) is 11.3 Å². The Hall–Kier alpha value is -4.17. The molecule has 1 atom stereocenters. The van der Waals surface area contributed by atoms with Crippen LogP contribution in [0.15, 0.2) is 53.8 Å². The molecule has 3 aromatic heterocycles. The van der Waals surface area contributed by atoms with Crippen LogP contribution in [-0.4, -0.2) is 64.1 Å². The van der Waals surface area contributed by atoms with E-state index in [-0.39, 0.29) is 23.0 Å². The maximum absolute atomic E-state index is 14.2. The van der Waals surface area contributed by atoms with Crippen LogP contribution in [0, 0.1) is 11.6 Å². The maximum atomic E-state index is 14.2. The summed E-state index contributed by atoms with van der Waals surface area (Å²) in [6, 6.07) is 6.80. The first-order chi connectivity index (χ1) is 19.8. The first kappa shape index (κ1) is 29.3. The number of likely N-dealkylation sites (tertiary alicyclic amines) is 1. The fraction of sp³-hybridized carbons (Fsp3) is 0.296. The summed E-state index contributed by atoms with van der Waals surface area (Å²) < 4.78 is 60.8. The lowest BCUT2D eigenvalue weighted by Crippen LogP contribution is -2.36. The number of amides is 1. The molecule has 4 heterocycles. The Morgan fingerprint density at radius 3 is 2.64 bits per heavy atom. The van der Waals surface area contributed by atoms with Gasteiger partial charge in [0, 0.05) is 37.0 Å². The first-order valence-electron chi connectivity index (χ1n) is 12.8. The molecule has 0 bridgehead atoms. The lowest BCUT2D eigenvalue weighted by Gasteiger charge is -2.24. The highest BCUT2D eigenvalue weighted by Gasteiger charge is 2.30. The Kier molecular flexibility index (Phi) is 7.86. The van der Waals surface area contributed by atoms with Crippen molar-refractivity contribution in [2.24, 2.45) is 0 Å². The van der Waals surface area contributed by atoms with Crippen LogP contribution in [0.5, 0.6) is 0 Å². The third-order valence-corrected chi connectivity index (χ3v) is 7.93. The molecule has 1 fully saturated rings. The van der Waals surface area contributed by atoms with E-state index < -0.39 is 32.2 Å². The summed E-state index contributed by atoms with van der Waals surface area (Å²) in [6.45, 7) is 6.37. The SMILES string of the molecule is CC(C)(C)OC(=O)N1CC[C@H](Nc2ncnc3ccc(-c4cnc(Cl)c(NS(=O)(=O)c5ccc(F)cc5F)c4)nc23)C1. The van der Waals surface area contributed by atoms with Crippen molar-refractivity contribution < 1.29 is 26.7 Å². The Balaban J connectivity index is 1.40. The topological polar surface area (TPSA) is 139 Å². The van der Waals surface area contributed by atoms with Crippen molar-refractivity contribution in [2.45, 2.75) is 43.7 Å². The molecule has 1 aliphatic heterocycles. The zero-order chi connectivity index (χ0) is 30.2. The van der Waals surface area contributed by atoms with Crippen molar-refractivity contribution in [1.82, 2.24) is 24.8 Å². The maximum Gasteiger partial charge on any atom is 0.410 e. The number of benzene rings is 1. The lowest BCUT2D eigenvalue weighted by atomic mass is 10.1. The van der Waals surface area contributed by atoms with Gasteiger partial charge in [-0.3, -0.25) is 4.72 Å². The minimum absolute atomic E-state index is 0.105. The number of carbonyl (C=O) groups is 1. The number of carbonyl (C=O) groups excluding carboxylic acids is 1. The highest BCUT2D eigenvalue weighted by Crippen LogP contribution is 2.30. The third-order valence-electron chi connectivity index (χ3n) is 6.23. The Labute approximate surface area is 245 Å². The molecule has 1 aromatic carbocycles. The van der Waals surface area contributed by atoms with Crippen LogP contribution in [-0.2, 0) is 14.8 Å². The summed E-state index contributed by atoms with van der Waals surface area (Å²) in [5, 5.41) is 3.15. The zero-order valence-corrected chi connectivity index (χ0v) is 24.3. The molecular weight excluding hydrogens is 592 g/mol. The molecule has 0 saturated carbocycles. The van der Waals surface area contributed by atoms with Gasteiger partial charge in [-0.1, -0.05) is 11.6 Å². The van der Waals surface area contributed by atoms with Gasteiger partial charge in [-0.05, 0) is 57.5 Å². The van der Waals surface area contributed by atoms with Crippen molar-refractivity contribution in [3.63, 3.8) is 0 Å². The summed E-state index contributed by atoms with van der Waals surface area (Å²) in [7, 11) is -4.46. The zero-order valence-electron chi connectivity index (χ0n) is 22.7. The molecule has 0 radical (unpaired) electrons. The lowest BCUT2D eigenvalue weighted by molar-refractivity contribution is 0.0293. The second-order valence-electron chi connectivity index (χ2n) is 10.6. The van der Waals surface area contributed by atoms with Crippen LogP contribution in [0.25, 0.3) is 22.3 Å². The molecule has 1 amide bonds. The largest absolute Gasteiger partial charge is 0.444 e. The van der Waals surface area contributed by atoms with Gasteiger partial charge in [-0.25, -0.2) is 41.9 Å². The average Bonchev–Trinajstić information content (AvgIpc) is 3.37. The van der Waals surface area contributed by atoms with Crippen LogP contribution in [0.1, 0.15) is 27.2 Å². The van der Waals surface area contributed by atoms with Crippen molar-refractivity contribution in [1.29, 1.82) is 0 Å². The summed E-state index contributed by atoms with van der Waals surface area (Å²) in [6.07, 6.45) is 3.09. The van der Waals surface area contributed by atoms with Gasteiger partial charge in [-0.15, -0.1) is 0 Å². The van der Waals surface area contributed by atoms with Gasteiger partial charge in [-0.2, -0.15) is 0 Å². The summed E-state index contributed by atoms with van der Waals surface area (Å²) in [5.41, 5.74) is 1.06. The summed E-state index contributed by atoms with van der Waals surface area (Å²) in [4.78, 5) is 30.7. The van der Waals surface area contributed by atoms with Crippen LogP contribution >= 0.6 is 11.6 Å².